The number of anilines is 3. The van der Waals surface area contributed by atoms with Crippen molar-refractivity contribution in [2.45, 2.75) is 19.3 Å². The van der Waals surface area contributed by atoms with Crippen LogP contribution in [0.2, 0.25) is 0 Å². The molecule has 1 heterocycles. The van der Waals surface area contributed by atoms with Crippen molar-refractivity contribution >= 4 is 59.3 Å². The minimum absolute atomic E-state index is 0.0832. The maximum Gasteiger partial charge on any atom is 0.0465 e. The summed E-state index contributed by atoms with van der Waals surface area (Å²) in [6, 6.07) is 64.9. The van der Waals surface area contributed by atoms with E-state index in [2.05, 4.69) is 195 Å². The molecule has 1 aliphatic rings. The largest absolute Gasteiger partial charge is 0.310 e. The molecule has 0 bridgehead atoms. The van der Waals surface area contributed by atoms with Gasteiger partial charge in [-0.05, 0) is 110 Å². The van der Waals surface area contributed by atoms with Crippen LogP contribution in [0.15, 0.2) is 176 Å². The lowest BCUT2D eigenvalue weighted by atomic mass is 9.82. The predicted molar refractivity (Wildman–Crippen MR) is 220 cm³/mol. The van der Waals surface area contributed by atoms with Crippen LogP contribution in [0.1, 0.15) is 25.0 Å². The summed E-state index contributed by atoms with van der Waals surface area (Å²) in [5.41, 5.74) is 13.7. The Morgan fingerprint density at radius 2 is 0.980 bits per heavy atom. The Kier molecular flexibility index (Phi) is 6.78. The highest BCUT2D eigenvalue weighted by Crippen LogP contribution is 2.50. The van der Waals surface area contributed by atoms with Gasteiger partial charge in [0.2, 0.25) is 0 Å². The van der Waals surface area contributed by atoms with Gasteiger partial charge in [0.15, 0.2) is 0 Å². The highest BCUT2D eigenvalue weighted by molar-refractivity contribution is 7.25. The average molecular weight is 670 g/mol. The van der Waals surface area contributed by atoms with Gasteiger partial charge in [-0.3, -0.25) is 0 Å². The summed E-state index contributed by atoms with van der Waals surface area (Å²) in [6.45, 7) is 4.71. The lowest BCUT2D eigenvalue weighted by molar-refractivity contribution is 0.660. The first kappa shape index (κ1) is 29.9. The van der Waals surface area contributed by atoms with Crippen molar-refractivity contribution in [1.29, 1.82) is 0 Å². The van der Waals surface area contributed by atoms with Gasteiger partial charge >= 0.3 is 0 Å². The molecule has 51 heavy (non-hydrogen) atoms. The molecule has 10 rings (SSSR count). The molecule has 1 aromatic heterocycles. The van der Waals surface area contributed by atoms with Crippen molar-refractivity contribution in [3.05, 3.63) is 187 Å². The SMILES string of the molecule is CC1(C)c2ccccc2-c2ccc(N(c3ccc(-c4ccc5sc6ccccc6c5c4)cc3)c3ccc(-c4cccc5ccccc45)cc3)cc21. The highest BCUT2D eigenvalue weighted by atomic mass is 32.1. The van der Waals surface area contributed by atoms with E-state index in [-0.39, 0.29) is 5.41 Å². The van der Waals surface area contributed by atoms with E-state index in [4.69, 9.17) is 0 Å². The Hall–Kier alpha value is -5.96. The molecule has 1 nitrogen and oxygen atoms in total. The Morgan fingerprint density at radius 1 is 0.392 bits per heavy atom. The van der Waals surface area contributed by atoms with Crippen molar-refractivity contribution < 1.29 is 0 Å². The first-order valence-electron chi connectivity index (χ1n) is 17.7. The molecule has 0 aliphatic heterocycles. The van der Waals surface area contributed by atoms with Crippen LogP contribution in [-0.2, 0) is 5.41 Å². The molecule has 0 amide bonds. The molecular weight excluding hydrogens is 635 g/mol. The van der Waals surface area contributed by atoms with E-state index in [1.165, 1.54) is 75.5 Å². The fourth-order valence-electron chi connectivity index (χ4n) is 8.25. The Labute approximate surface area is 302 Å². The number of fused-ring (bicyclic) bond motifs is 7. The van der Waals surface area contributed by atoms with Crippen molar-refractivity contribution in [2.24, 2.45) is 0 Å². The molecule has 0 N–H and O–H groups in total. The summed E-state index contributed by atoms with van der Waals surface area (Å²) in [5.74, 6) is 0. The number of thiophene rings is 1. The quantitative estimate of drug-likeness (QED) is 0.176. The minimum atomic E-state index is -0.0832. The van der Waals surface area contributed by atoms with Gasteiger partial charge in [0.25, 0.3) is 0 Å². The minimum Gasteiger partial charge on any atom is -0.310 e. The fraction of sp³-hybridized carbons (Fsp3) is 0.0612. The second-order valence-corrected chi connectivity index (χ2v) is 15.2. The van der Waals surface area contributed by atoms with E-state index in [9.17, 15) is 0 Å². The van der Waals surface area contributed by atoms with E-state index in [0.29, 0.717) is 0 Å². The van der Waals surface area contributed by atoms with E-state index in [1.54, 1.807) is 0 Å². The monoisotopic (exact) mass is 669 g/mol. The van der Waals surface area contributed by atoms with E-state index in [0.717, 1.165) is 17.1 Å². The summed E-state index contributed by atoms with van der Waals surface area (Å²) >= 11 is 1.86. The second-order valence-electron chi connectivity index (χ2n) is 14.2. The fourth-order valence-corrected chi connectivity index (χ4v) is 9.34. The number of benzene rings is 8. The Morgan fingerprint density at radius 3 is 1.80 bits per heavy atom. The summed E-state index contributed by atoms with van der Waals surface area (Å²) in [4.78, 5) is 2.41. The summed E-state index contributed by atoms with van der Waals surface area (Å²) in [6.07, 6.45) is 0. The first-order chi connectivity index (χ1) is 25.0. The number of nitrogens with zero attached hydrogens (tertiary/aromatic N) is 1. The van der Waals surface area contributed by atoms with E-state index >= 15 is 0 Å². The van der Waals surface area contributed by atoms with Crippen molar-refractivity contribution in [2.75, 3.05) is 4.90 Å². The molecule has 2 heteroatoms. The zero-order valence-corrected chi connectivity index (χ0v) is 29.4. The lowest BCUT2D eigenvalue weighted by Crippen LogP contribution is -2.16. The van der Waals surface area contributed by atoms with Crippen LogP contribution in [-0.4, -0.2) is 0 Å². The standard InChI is InChI=1S/C49H35NS/c1-49(2)45-16-7-5-13-41(45)42-28-27-38(31-46(42)49)50(37-25-20-34(21-26-37)40-15-9-11-33-10-3-4-12-39(33)40)36-23-18-32(19-24-36)35-22-29-48-44(30-35)43-14-6-8-17-47(43)51-48/h3-31H,1-2H3. The number of hydrogen-bond acceptors (Lipinski definition) is 2. The van der Waals surface area contributed by atoms with Crippen molar-refractivity contribution in [3.8, 4) is 33.4 Å². The molecule has 8 aromatic carbocycles. The summed E-state index contributed by atoms with van der Waals surface area (Å²) < 4.78 is 2.67. The van der Waals surface area contributed by atoms with Gasteiger partial charge in [-0.25, -0.2) is 0 Å². The summed E-state index contributed by atoms with van der Waals surface area (Å²) in [7, 11) is 0. The van der Waals surface area contributed by atoms with Gasteiger partial charge in [0.05, 0.1) is 0 Å². The second kappa shape index (κ2) is 11.6. The van der Waals surface area contributed by atoms with Gasteiger partial charge in [-0.1, -0.05) is 135 Å². The van der Waals surface area contributed by atoms with E-state index < -0.39 is 0 Å². The molecule has 9 aromatic rings. The van der Waals surface area contributed by atoms with E-state index in [1.807, 2.05) is 11.3 Å². The van der Waals surface area contributed by atoms with Crippen LogP contribution in [0.3, 0.4) is 0 Å². The third-order valence-corrected chi connectivity index (χ3v) is 12.0. The molecule has 1 aliphatic carbocycles. The molecule has 0 radical (unpaired) electrons. The molecule has 0 unspecified atom stereocenters. The molecule has 0 spiro atoms. The molecule has 0 saturated carbocycles. The van der Waals surface area contributed by atoms with Crippen LogP contribution in [0, 0.1) is 0 Å². The molecule has 242 valence electrons. The van der Waals surface area contributed by atoms with Crippen LogP contribution in [0.4, 0.5) is 17.1 Å². The van der Waals surface area contributed by atoms with Crippen molar-refractivity contribution in [1.82, 2.24) is 0 Å². The maximum atomic E-state index is 2.41. The third kappa shape index (κ3) is 4.82. The topological polar surface area (TPSA) is 3.24 Å². The molecule has 0 fully saturated rings. The summed E-state index contributed by atoms with van der Waals surface area (Å²) in [5, 5.41) is 5.19. The zero-order chi connectivity index (χ0) is 34.1. The molecule has 0 atom stereocenters. The number of hydrogen-bond donors (Lipinski definition) is 0. The van der Waals surface area contributed by atoms with Gasteiger partial charge in [0.1, 0.15) is 0 Å². The van der Waals surface area contributed by atoms with Gasteiger partial charge in [0, 0.05) is 42.6 Å². The van der Waals surface area contributed by atoms with Gasteiger partial charge in [-0.2, -0.15) is 0 Å². The maximum absolute atomic E-state index is 2.41. The smallest absolute Gasteiger partial charge is 0.0465 e. The van der Waals surface area contributed by atoms with Crippen LogP contribution >= 0.6 is 11.3 Å². The zero-order valence-electron chi connectivity index (χ0n) is 28.6. The lowest BCUT2D eigenvalue weighted by Gasteiger charge is -2.28. The third-order valence-electron chi connectivity index (χ3n) is 10.9. The predicted octanol–water partition coefficient (Wildman–Crippen LogP) is 14.3. The van der Waals surface area contributed by atoms with Gasteiger partial charge < -0.3 is 4.90 Å². The number of rotatable bonds is 5. The normalized spacial score (nSPS) is 13.1. The van der Waals surface area contributed by atoms with Crippen LogP contribution in [0.5, 0.6) is 0 Å². The average Bonchev–Trinajstić information content (AvgIpc) is 3.67. The van der Waals surface area contributed by atoms with Crippen molar-refractivity contribution in [3.63, 3.8) is 0 Å². The Bertz CT molecular complexity index is 2760. The van der Waals surface area contributed by atoms with Crippen LogP contribution in [0.25, 0.3) is 64.3 Å². The Balaban J connectivity index is 1.08. The first-order valence-corrected chi connectivity index (χ1v) is 18.5. The van der Waals surface area contributed by atoms with Gasteiger partial charge in [-0.15, -0.1) is 11.3 Å². The highest BCUT2D eigenvalue weighted by Gasteiger charge is 2.35. The molecular formula is C49H35NS. The molecule has 0 saturated heterocycles. The van der Waals surface area contributed by atoms with Crippen LogP contribution < -0.4 is 4.90 Å².